The lowest BCUT2D eigenvalue weighted by atomic mass is 9.42. The van der Waals surface area contributed by atoms with Crippen molar-refractivity contribution in [2.24, 2.45) is 39.4 Å². The quantitative estimate of drug-likeness (QED) is 0.472. The Morgan fingerprint density at radius 1 is 1.08 bits per heavy atom. The minimum atomic E-state index is -1.03. The number of hydrogen-bond donors (Lipinski definition) is 3. The third-order valence-corrected chi connectivity index (χ3v) is 11.2. The molecule has 2 fully saturated rings. The molecule has 8 atom stereocenters. The largest absolute Gasteiger partial charge is 0.481 e. The molecule has 7 nitrogen and oxygen atoms in total. The molecule has 4 aliphatic carbocycles. The van der Waals surface area contributed by atoms with E-state index in [1.165, 1.54) is 13.0 Å². The lowest BCUT2D eigenvalue weighted by molar-refractivity contribution is -0.145. The zero-order valence-corrected chi connectivity index (χ0v) is 23.2. The number of hydrogen-bond acceptors (Lipinski definition) is 6. The van der Waals surface area contributed by atoms with Crippen molar-refractivity contribution in [3.63, 3.8) is 0 Å². The summed E-state index contributed by atoms with van der Waals surface area (Å²) in [6.07, 6.45) is 1.42. The number of carbonyl (C=O) groups excluding carboxylic acids is 3. The molecular formula is C30H42O7. The van der Waals surface area contributed by atoms with Crippen LogP contribution in [0.15, 0.2) is 22.8 Å². The molecule has 0 spiro atoms. The molecule has 0 radical (unpaired) electrons. The zero-order valence-electron chi connectivity index (χ0n) is 23.2. The summed E-state index contributed by atoms with van der Waals surface area (Å²) in [5, 5.41) is 32.4. The Hall–Kier alpha value is -2.12. The highest BCUT2D eigenvalue weighted by Gasteiger charge is 2.69. The van der Waals surface area contributed by atoms with Gasteiger partial charge >= 0.3 is 5.97 Å². The van der Waals surface area contributed by atoms with Gasteiger partial charge in [0.05, 0.1) is 18.1 Å². The van der Waals surface area contributed by atoms with Crippen LogP contribution in [0.1, 0.15) is 87.0 Å². The topological polar surface area (TPSA) is 129 Å². The molecule has 0 amide bonds. The Labute approximate surface area is 219 Å². The maximum absolute atomic E-state index is 14.0. The number of Topliss-reactive ketones (excluding diaryl/α,β-unsaturated/α-hetero) is 2. The van der Waals surface area contributed by atoms with Crippen LogP contribution >= 0.6 is 0 Å². The number of carbonyl (C=O) groups is 4. The van der Waals surface area contributed by atoms with Crippen LogP contribution in [0, 0.1) is 39.4 Å². The summed E-state index contributed by atoms with van der Waals surface area (Å²) in [5.41, 5.74) is -0.855. The van der Waals surface area contributed by atoms with Crippen molar-refractivity contribution >= 4 is 23.3 Å². The normalized spacial score (nSPS) is 42.1. The number of aliphatic carboxylic acids is 1. The van der Waals surface area contributed by atoms with Crippen LogP contribution in [0.3, 0.4) is 0 Å². The second-order valence-corrected chi connectivity index (χ2v) is 13.5. The van der Waals surface area contributed by atoms with Crippen molar-refractivity contribution in [1.82, 2.24) is 0 Å². The molecule has 1 unspecified atom stereocenters. The van der Waals surface area contributed by atoms with Crippen molar-refractivity contribution in [2.45, 2.75) is 99.2 Å². The van der Waals surface area contributed by atoms with Gasteiger partial charge in [0.2, 0.25) is 0 Å². The number of fused-ring (bicyclic) bond motifs is 4. The molecule has 7 heteroatoms. The molecule has 0 heterocycles. The average Bonchev–Trinajstić information content (AvgIpc) is 2.99. The Morgan fingerprint density at radius 3 is 2.30 bits per heavy atom. The van der Waals surface area contributed by atoms with Crippen LogP contribution < -0.4 is 0 Å². The third-order valence-electron chi connectivity index (χ3n) is 11.2. The molecule has 3 N–H and O–H groups in total. The second kappa shape index (κ2) is 8.70. The molecule has 0 aromatic rings. The molecule has 204 valence electrons. The zero-order chi connectivity index (χ0) is 27.9. The second-order valence-electron chi connectivity index (χ2n) is 13.5. The van der Waals surface area contributed by atoms with E-state index in [1.54, 1.807) is 0 Å². The van der Waals surface area contributed by atoms with Gasteiger partial charge in [0.25, 0.3) is 0 Å². The number of allylic oxidation sites excluding steroid dienone is 3. The van der Waals surface area contributed by atoms with E-state index in [0.29, 0.717) is 36.8 Å². The van der Waals surface area contributed by atoms with Gasteiger partial charge in [-0.05, 0) is 55.1 Å². The fourth-order valence-electron chi connectivity index (χ4n) is 8.77. The molecule has 0 saturated heterocycles. The molecule has 0 aromatic carbocycles. The first kappa shape index (κ1) is 27.9. The maximum Gasteiger partial charge on any atom is 0.306 e. The first-order valence-electron chi connectivity index (χ1n) is 13.5. The third kappa shape index (κ3) is 3.75. The highest BCUT2D eigenvalue weighted by molar-refractivity contribution is 6.01. The van der Waals surface area contributed by atoms with Gasteiger partial charge in [0.1, 0.15) is 5.78 Å². The van der Waals surface area contributed by atoms with Crippen molar-refractivity contribution in [1.29, 1.82) is 0 Å². The van der Waals surface area contributed by atoms with E-state index in [2.05, 4.69) is 6.92 Å². The fraction of sp³-hybridized carbons (Fsp3) is 0.733. The number of aliphatic hydroxyl groups excluding tert-OH is 2. The Bertz CT molecular complexity index is 1130. The van der Waals surface area contributed by atoms with Gasteiger partial charge in [-0.2, -0.15) is 0 Å². The smallest absolute Gasteiger partial charge is 0.306 e. The summed E-state index contributed by atoms with van der Waals surface area (Å²) in [5.74, 6) is -2.44. The van der Waals surface area contributed by atoms with Gasteiger partial charge in [-0.25, -0.2) is 0 Å². The van der Waals surface area contributed by atoms with Gasteiger partial charge in [-0.15, -0.1) is 0 Å². The van der Waals surface area contributed by atoms with Crippen molar-refractivity contribution in [2.75, 3.05) is 0 Å². The van der Waals surface area contributed by atoms with Crippen LogP contribution in [-0.2, 0) is 19.2 Å². The van der Waals surface area contributed by atoms with E-state index >= 15 is 0 Å². The Balaban J connectivity index is 1.80. The summed E-state index contributed by atoms with van der Waals surface area (Å²) in [6.45, 7) is 13.1. The lowest BCUT2D eigenvalue weighted by Gasteiger charge is -2.61. The monoisotopic (exact) mass is 514 g/mol. The SMILES string of the molecule is C/C(=C\C(=O)CC(C)C(=O)O)[C@H]1C[C@H](O)[C@@]2(C)C3=C(C(=O)C[C@]12C)[C@@]1(C)CCC(=O)C(C)(C)[C@@H]1C[C@@H]3O. The molecule has 37 heavy (non-hydrogen) atoms. The predicted octanol–water partition coefficient (Wildman–Crippen LogP) is 4.05. The lowest BCUT2D eigenvalue weighted by Crippen LogP contribution is -2.60. The van der Waals surface area contributed by atoms with Gasteiger partial charge < -0.3 is 15.3 Å². The first-order chi connectivity index (χ1) is 16.9. The van der Waals surface area contributed by atoms with E-state index in [-0.39, 0.29) is 42.0 Å². The highest BCUT2D eigenvalue weighted by Crippen LogP contribution is 2.71. The van der Waals surface area contributed by atoms with E-state index in [4.69, 9.17) is 5.11 Å². The van der Waals surface area contributed by atoms with Gasteiger partial charge in [-0.1, -0.05) is 47.1 Å². The number of rotatable bonds is 5. The van der Waals surface area contributed by atoms with Crippen LogP contribution in [0.25, 0.3) is 0 Å². The standard InChI is InChI=1S/C30H42O7/c1-15(10-17(31)11-16(2)26(36)37)18-12-23(35)30(7)25-19(32)13-21-27(3,4)22(34)8-9-28(21,5)24(25)20(33)14-29(18,30)6/h10,16,18-19,21,23,32,35H,8-9,11-14H2,1-7H3,(H,36,37)/b15-10+/t16?,18-,19+,21+,23+,28+,29-,30+/m1/s1. The van der Waals surface area contributed by atoms with Crippen molar-refractivity contribution in [3.8, 4) is 0 Å². The fourth-order valence-corrected chi connectivity index (χ4v) is 8.77. The number of carboxylic acids is 1. The van der Waals surface area contributed by atoms with Crippen LogP contribution in [0.5, 0.6) is 0 Å². The van der Waals surface area contributed by atoms with E-state index in [1.807, 2.05) is 34.6 Å². The summed E-state index contributed by atoms with van der Waals surface area (Å²) >= 11 is 0. The van der Waals surface area contributed by atoms with E-state index in [0.717, 1.165) is 5.57 Å². The van der Waals surface area contributed by atoms with Crippen LogP contribution in [0.2, 0.25) is 0 Å². The van der Waals surface area contributed by atoms with E-state index in [9.17, 15) is 29.4 Å². The first-order valence-corrected chi connectivity index (χ1v) is 13.5. The summed E-state index contributed by atoms with van der Waals surface area (Å²) in [6, 6.07) is 0. The van der Waals surface area contributed by atoms with Gasteiger partial charge in [0, 0.05) is 41.1 Å². The molecular weight excluding hydrogens is 472 g/mol. The maximum atomic E-state index is 14.0. The van der Waals surface area contributed by atoms with Gasteiger partial charge in [0.15, 0.2) is 11.6 Å². The highest BCUT2D eigenvalue weighted by atomic mass is 16.4. The van der Waals surface area contributed by atoms with E-state index < -0.39 is 45.8 Å². The Morgan fingerprint density at radius 2 is 1.70 bits per heavy atom. The molecule has 4 aliphatic rings. The summed E-state index contributed by atoms with van der Waals surface area (Å²) < 4.78 is 0. The Kier molecular flexibility index (Phi) is 6.56. The summed E-state index contributed by atoms with van der Waals surface area (Å²) in [7, 11) is 0. The summed E-state index contributed by atoms with van der Waals surface area (Å²) in [4.78, 5) is 50.7. The molecule has 0 aromatic heterocycles. The van der Waals surface area contributed by atoms with Crippen molar-refractivity contribution in [3.05, 3.63) is 22.8 Å². The van der Waals surface area contributed by atoms with Crippen LogP contribution in [-0.4, -0.2) is 50.8 Å². The number of aliphatic hydroxyl groups is 2. The molecule has 4 rings (SSSR count). The number of ketones is 3. The molecule has 0 bridgehead atoms. The minimum Gasteiger partial charge on any atom is -0.481 e. The molecule has 2 saturated carbocycles. The molecule has 0 aliphatic heterocycles. The number of carboxylic acid groups (broad SMARTS) is 1. The van der Waals surface area contributed by atoms with Crippen LogP contribution in [0.4, 0.5) is 0 Å². The predicted molar refractivity (Wildman–Crippen MR) is 137 cm³/mol. The minimum absolute atomic E-state index is 0.0379. The van der Waals surface area contributed by atoms with Crippen molar-refractivity contribution < 1.29 is 34.5 Å². The van der Waals surface area contributed by atoms with Gasteiger partial charge in [-0.3, -0.25) is 19.2 Å². The average molecular weight is 515 g/mol.